The molecule has 1 aromatic rings. The lowest BCUT2D eigenvalue weighted by Crippen LogP contribution is -2.47. The molecule has 152 valence electrons. The van der Waals surface area contributed by atoms with Crippen LogP contribution in [0.2, 0.25) is 0 Å². The van der Waals surface area contributed by atoms with Crippen molar-refractivity contribution in [3.8, 4) is 0 Å². The summed E-state index contributed by atoms with van der Waals surface area (Å²) in [6, 6.07) is 10.7. The van der Waals surface area contributed by atoms with Gasteiger partial charge in [0.05, 0.1) is 0 Å². The molecule has 6 heteroatoms. The maximum Gasteiger partial charge on any atom is 0.193 e. The topological polar surface area (TPSA) is 34.1 Å². The lowest BCUT2D eigenvalue weighted by molar-refractivity contribution is 0.255. The molecule has 0 aromatic heterocycles. The molecule has 1 saturated heterocycles. The van der Waals surface area contributed by atoms with Crippen LogP contribution in [0.25, 0.3) is 0 Å². The second kappa shape index (κ2) is 13.8. The Balaban J connectivity index is 0.00000364. The van der Waals surface area contributed by atoms with Gasteiger partial charge in [-0.15, -0.1) is 30.6 Å². The van der Waals surface area contributed by atoms with Gasteiger partial charge in [-0.05, 0) is 37.9 Å². The van der Waals surface area contributed by atoms with Crippen molar-refractivity contribution < 1.29 is 0 Å². The van der Waals surface area contributed by atoms with Crippen LogP contribution in [0.1, 0.15) is 19.3 Å². The van der Waals surface area contributed by atoms with E-state index in [1.165, 1.54) is 5.69 Å². The Kier molecular flexibility index (Phi) is 12.2. The highest BCUT2D eigenvalue weighted by molar-refractivity contribution is 14.0. The van der Waals surface area contributed by atoms with Gasteiger partial charge in [0.15, 0.2) is 5.96 Å². The van der Waals surface area contributed by atoms with E-state index in [4.69, 9.17) is 0 Å². The van der Waals surface area contributed by atoms with Gasteiger partial charge in [0, 0.05) is 59.1 Å². The van der Waals surface area contributed by atoms with Gasteiger partial charge < -0.3 is 15.1 Å². The quantitative estimate of drug-likeness (QED) is 0.192. The van der Waals surface area contributed by atoms with Crippen molar-refractivity contribution in [3.63, 3.8) is 0 Å². The number of nitrogens with one attached hydrogen (secondary N) is 1. The number of aliphatic imine (C=N–C) groups is 1. The molecule has 0 spiro atoms. The highest BCUT2D eigenvalue weighted by atomic mass is 127. The van der Waals surface area contributed by atoms with E-state index in [0.717, 1.165) is 71.0 Å². The number of allylic oxidation sites excluding steroid dienone is 1. The predicted molar refractivity (Wildman–Crippen MR) is 129 cm³/mol. The summed E-state index contributed by atoms with van der Waals surface area (Å²) < 4.78 is 0. The zero-order valence-corrected chi connectivity index (χ0v) is 19.3. The van der Waals surface area contributed by atoms with E-state index in [2.05, 4.69) is 69.0 Å². The second-order valence-corrected chi connectivity index (χ2v) is 6.84. The Bertz CT molecular complexity index is 541. The molecular weight excluding hydrogens is 449 g/mol. The van der Waals surface area contributed by atoms with E-state index in [0.29, 0.717) is 0 Å². The number of piperazine rings is 1. The molecule has 0 amide bonds. The van der Waals surface area contributed by atoms with E-state index >= 15 is 0 Å². The Labute approximate surface area is 182 Å². The molecule has 27 heavy (non-hydrogen) atoms. The number of guanidine groups is 1. The van der Waals surface area contributed by atoms with Gasteiger partial charge in [-0.25, -0.2) is 0 Å². The molecule has 5 nitrogen and oxygen atoms in total. The van der Waals surface area contributed by atoms with Crippen LogP contribution in [0.4, 0.5) is 5.69 Å². The molecule has 0 aliphatic carbocycles. The molecule has 1 fully saturated rings. The third-order valence-electron chi connectivity index (χ3n) is 4.90. The molecule has 2 rings (SSSR count). The number of hydrogen-bond donors (Lipinski definition) is 1. The number of para-hydroxylation sites is 1. The first-order chi connectivity index (χ1) is 12.7. The van der Waals surface area contributed by atoms with E-state index < -0.39 is 0 Å². The van der Waals surface area contributed by atoms with Crippen molar-refractivity contribution in [2.24, 2.45) is 4.99 Å². The summed E-state index contributed by atoms with van der Waals surface area (Å²) in [4.78, 5) is 11.6. The Hall–Kier alpha value is -1.28. The van der Waals surface area contributed by atoms with Gasteiger partial charge in [-0.2, -0.15) is 0 Å². The van der Waals surface area contributed by atoms with Crippen LogP contribution >= 0.6 is 24.0 Å². The third-order valence-corrected chi connectivity index (χ3v) is 4.90. The predicted octanol–water partition coefficient (Wildman–Crippen LogP) is 3.29. The fourth-order valence-electron chi connectivity index (χ4n) is 3.33. The van der Waals surface area contributed by atoms with Gasteiger partial charge in [-0.3, -0.25) is 9.89 Å². The summed E-state index contributed by atoms with van der Waals surface area (Å²) in [5, 5.41) is 3.48. The van der Waals surface area contributed by atoms with E-state index in [9.17, 15) is 0 Å². The lowest BCUT2D eigenvalue weighted by atomic mass is 10.2. The molecule has 0 radical (unpaired) electrons. The first kappa shape index (κ1) is 23.8. The highest BCUT2D eigenvalue weighted by Gasteiger charge is 2.16. The number of halogens is 1. The van der Waals surface area contributed by atoms with Crippen molar-refractivity contribution in [1.29, 1.82) is 0 Å². The van der Waals surface area contributed by atoms with Crippen molar-refractivity contribution in [1.82, 2.24) is 15.1 Å². The van der Waals surface area contributed by atoms with Crippen LogP contribution in [0.5, 0.6) is 0 Å². The number of benzene rings is 1. The molecule has 1 heterocycles. The van der Waals surface area contributed by atoms with Crippen LogP contribution in [0.15, 0.2) is 48.0 Å². The summed E-state index contributed by atoms with van der Waals surface area (Å²) in [5.74, 6) is 0.989. The minimum Gasteiger partial charge on any atom is -0.369 e. The van der Waals surface area contributed by atoms with Crippen LogP contribution < -0.4 is 10.2 Å². The summed E-state index contributed by atoms with van der Waals surface area (Å²) in [5.41, 5.74) is 1.34. The van der Waals surface area contributed by atoms with Crippen LogP contribution in [-0.2, 0) is 0 Å². The molecule has 1 N–H and O–H groups in total. The van der Waals surface area contributed by atoms with Crippen molar-refractivity contribution in [2.45, 2.75) is 19.3 Å². The smallest absolute Gasteiger partial charge is 0.193 e. The number of hydrogen-bond acceptors (Lipinski definition) is 3. The maximum atomic E-state index is 4.38. The fourth-order valence-corrected chi connectivity index (χ4v) is 3.33. The molecule has 1 aliphatic heterocycles. The van der Waals surface area contributed by atoms with Crippen molar-refractivity contribution in [2.75, 3.05) is 64.8 Å². The van der Waals surface area contributed by atoms with Gasteiger partial charge >= 0.3 is 0 Å². The number of unbranched alkanes of at least 4 members (excludes halogenated alkanes) is 1. The van der Waals surface area contributed by atoms with Gasteiger partial charge in [0.25, 0.3) is 0 Å². The summed E-state index contributed by atoms with van der Waals surface area (Å²) in [7, 11) is 3.95. The Morgan fingerprint density at radius 1 is 1.19 bits per heavy atom. The number of nitrogens with zero attached hydrogens (tertiary/aromatic N) is 4. The van der Waals surface area contributed by atoms with Gasteiger partial charge in [-0.1, -0.05) is 24.3 Å². The minimum absolute atomic E-state index is 0. The van der Waals surface area contributed by atoms with Crippen LogP contribution in [0.3, 0.4) is 0 Å². The normalized spacial score (nSPS) is 15.2. The van der Waals surface area contributed by atoms with Gasteiger partial charge in [0.2, 0.25) is 0 Å². The Morgan fingerprint density at radius 2 is 1.89 bits per heavy atom. The molecule has 0 unspecified atom stereocenters. The summed E-state index contributed by atoms with van der Waals surface area (Å²) >= 11 is 0. The molecule has 0 atom stereocenters. The summed E-state index contributed by atoms with van der Waals surface area (Å²) in [6.07, 6.45) is 5.29. The molecular formula is C21H36IN5. The maximum absolute atomic E-state index is 4.38. The summed E-state index contributed by atoms with van der Waals surface area (Å²) in [6.45, 7) is 11.4. The zero-order valence-electron chi connectivity index (χ0n) is 16.9. The number of anilines is 1. The molecule has 0 bridgehead atoms. The fraction of sp³-hybridized carbons (Fsp3) is 0.571. The van der Waals surface area contributed by atoms with Crippen LogP contribution in [0, 0.1) is 0 Å². The minimum atomic E-state index is 0. The molecule has 1 aromatic carbocycles. The van der Waals surface area contributed by atoms with E-state index in [-0.39, 0.29) is 24.0 Å². The third kappa shape index (κ3) is 8.51. The first-order valence-electron chi connectivity index (χ1n) is 9.79. The average Bonchev–Trinajstić information content (AvgIpc) is 2.69. The van der Waals surface area contributed by atoms with Gasteiger partial charge in [0.1, 0.15) is 0 Å². The van der Waals surface area contributed by atoms with Crippen molar-refractivity contribution >= 4 is 35.6 Å². The molecule has 0 saturated carbocycles. The Morgan fingerprint density at radius 3 is 2.52 bits per heavy atom. The second-order valence-electron chi connectivity index (χ2n) is 6.84. The first-order valence-corrected chi connectivity index (χ1v) is 9.79. The SMILES string of the molecule is C=CCCCN(C)C(=NC)NCCCN1CCN(c2ccccc2)CC1.I. The average molecular weight is 485 g/mol. The lowest BCUT2D eigenvalue weighted by Gasteiger charge is -2.36. The zero-order chi connectivity index (χ0) is 18.6. The van der Waals surface area contributed by atoms with Crippen molar-refractivity contribution in [3.05, 3.63) is 43.0 Å². The molecule has 1 aliphatic rings. The largest absolute Gasteiger partial charge is 0.369 e. The highest BCUT2D eigenvalue weighted by Crippen LogP contribution is 2.15. The monoisotopic (exact) mass is 485 g/mol. The van der Waals surface area contributed by atoms with E-state index in [1.54, 1.807) is 0 Å². The van der Waals surface area contributed by atoms with E-state index in [1.807, 2.05) is 13.1 Å². The standard InChI is InChI=1S/C21H35N5.HI/c1-4-5-9-14-24(3)21(22-2)23-13-10-15-25-16-18-26(19-17-25)20-11-7-6-8-12-20;/h4,6-8,11-12H,1,5,9-10,13-19H2,2-3H3,(H,22,23);1H. The van der Waals surface area contributed by atoms with Crippen LogP contribution in [-0.4, -0.2) is 75.7 Å². The number of rotatable bonds is 9.